The van der Waals surface area contributed by atoms with Crippen molar-refractivity contribution in [3.05, 3.63) is 23.8 Å². The molecule has 0 spiro atoms. The first-order valence-corrected chi connectivity index (χ1v) is 4.17. The van der Waals surface area contributed by atoms with Gasteiger partial charge in [0.05, 0.1) is 0 Å². The molecule has 0 fully saturated rings. The Morgan fingerprint density at radius 3 is 3.00 bits per heavy atom. The van der Waals surface area contributed by atoms with Crippen molar-refractivity contribution in [1.29, 1.82) is 0 Å². The van der Waals surface area contributed by atoms with Crippen LogP contribution in [0, 0.1) is 5.92 Å². The molecule has 0 bridgehead atoms. The lowest BCUT2D eigenvalue weighted by Crippen LogP contribution is -1.87. The second-order valence-corrected chi connectivity index (χ2v) is 2.94. The maximum absolute atomic E-state index is 2.39. The number of allylic oxidation sites excluding steroid dienone is 4. The van der Waals surface area contributed by atoms with Gasteiger partial charge in [-0.15, -0.1) is 0 Å². The predicted molar refractivity (Wildman–Crippen MR) is 45.9 cm³/mol. The summed E-state index contributed by atoms with van der Waals surface area (Å²) >= 11 is 0. The lowest BCUT2D eigenvalue weighted by molar-refractivity contribution is 0.694. The van der Waals surface area contributed by atoms with Crippen molar-refractivity contribution in [1.82, 2.24) is 0 Å². The van der Waals surface area contributed by atoms with Crippen LogP contribution in [-0.2, 0) is 0 Å². The minimum absolute atomic E-state index is 0.819. The van der Waals surface area contributed by atoms with Crippen LogP contribution in [0.5, 0.6) is 0 Å². The van der Waals surface area contributed by atoms with Crippen LogP contribution in [0.15, 0.2) is 23.8 Å². The van der Waals surface area contributed by atoms with Gasteiger partial charge in [-0.25, -0.2) is 0 Å². The highest BCUT2D eigenvalue weighted by Crippen LogP contribution is 2.27. The van der Waals surface area contributed by atoms with E-state index in [0.717, 1.165) is 5.92 Å². The average Bonchev–Trinajstić information content (AvgIpc) is 2.37. The molecule has 1 atom stereocenters. The highest BCUT2D eigenvalue weighted by atomic mass is 14.2. The zero-order chi connectivity index (χ0) is 7.40. The predicted octanol–water partition coefficient (Wildman–Crippen LogP) is 3.31. The van der Waals surface area contributed by atoms with E-state index >= 15 is 0 Å². The van der Waals surface area contributed by atoms with E-state index in [-0.39, 0.29) is 0 Å². The molecule has 0 aromatic carbocycles. The van der Waals surface area contributed by atoms with Crippen LogP contribution >= 0.6 is 0 Å². The topological polar surface area (TPSA) is 0 Å². The molecule has 0 saturated heterocycles. The van der Waals surface area contributed by atoms with Gasteiger partial charge in [0.2, 0.25) is 0 Å². The molecule has 0 heterocycles. The van der Waals surface area contributed by atoms with Gasteiger partial charge in [0.15, 0.2) is 0 Å². The first-order chi connectivity index (χ1) is 4.86. The summed E-state index contributed by atoms with van der Waals surface area (Å²) in [6, 6.07) is 0. The van der Waals surface area contributed by atoms with Gasteiger partial charge in [-0.05, 0) is 32.1 Å². The van der Waals surface area contributed by atoms with Crippen molar-refractivity contribution >= 4 is 0 Å². The lowest BCUT2D eigenvalue weighted by Gasteiger charge is -2.01. The average molecular weight is 136 g/mol. The van der Waals surface area contributed by atoms with Crippen LogP contribution in [0.1, 0.15) is 33.1 Å². The van der Waals surface area contributed by atoms with Crippen molar-refractivity contribution in [2.75, 3.05) is 0 Å². The molecule has 56 valence electrons. The molecule has 0 N–H and O–H groups in total. The first kappa shape index (κ1) is 7.59. The third-order valence-electron chi connectivity index (χ3n) is 2.15. The normalized spacial score (nSPS) is 25.8. The van der Waals surface area contributed by atoms with E-state index in [4.69, 9.17) is 0 Å². The third kappa shape index (κ3) is 1.73. The lowest BCUT2D eigenvalue weighted by atomic mass is 10.0. The van der Waals surface area contributed by atoms with Crippen LogP contribution in [0.4, 0.5) is 0 Å². The molecule has 0 amide bonds. The Morgan fingerprint density at radius 2 is 2.50 bits per heavy atom. The van der Waals surface area contributed by atoms with Crippen molar-refractivity contribution in [2.24, 2.45) is 5.92 Å². The Kier molecular flexibility index (Phi) is 2.73. The zero-order valence-corrected chi connectivity index (χ0v) is 6.93. The van der Waals surface area contributed by atoms with E-state index in [2.05, 4.69) is 32.1 Å². The fraction of sp³-hybridized carbons (Fsp3) is 0.600. The maximum Gasteiger partial charge on any atom is -0.0162 e. The van der Waals surface area contributed by atoms with Crippen LogP contribution in [0.2, 0.25) is 0 Å². The summed E-state index contributed by atoms with van der Waals surface area (Å²) in [5.74, 6) is 0.819. The Hall–Kier alpha value is -0.520. The Balaban J connectivity index is 2.36. The molecule has 1 aliphatic rings. The summed E-state index contributed by atoms with van der Waals surface area (Å²) in [5.41, 5.74) is 1.64. The highest BCUT2D eigenvalue weighted by molar-refractivity contribution is 5.13. The molecule has 0 heteroatoms. The molecule has 0 aromatic heterocycles. The van der Waals surface area contributed by atoms with Gasteiger partial charge >= 0.3 is 0 Å². The van der Waals surface area contributed by atoms with Crippen LogP contribution in [0.25, 0.3) is 0 Å². The monoisotopic (exact) mass is 136 g/mol. The molecular weight excluding hydrogens is 120 g/mol. The molecule has 0 aromatic rings. The van der Waals surface area contributed by atoms with E-state index in [1.807, 2.05) is 0 Å². The van der Waals surface area contributed by atoms with E-state index < -0.39 is 0 Å². The van der Waals surface area contributed by atoms with Crippen LogP contribution < -0.4 is 0 Å². The minimum atomic E-state index is 0.819. The fourth-order valence-corrected chi connectivity index (χ4v) is 1.53. The second-order valence-electron chi connectivity index (χ2n) is 2.94. The molecule has 1 aliphatic carbocycles. The highest BCUT2D eigenvalue weighted by Gasteiger charge is 2.11. The smallest absolute Gasteiger partial charge is 0.0162 e. The SMILES string of the molecule is C/C=C\C1CC=C(CC)C1. The van der Waals surface area contributed by atoms with Gasteiger partial charge in [0.1, 0.15) is 0 Å². The Bertz CT molecular complexity index is 151. The summed E-state index contributed by atoms with van der Waals surface area (Å²) in [4.78, 5) is 0. The van der Waals surface area contributed by atoms with Crippen molar-refractivity contribution in [3.8, 4) is 0 Å². The molecule has 1 unspecified atom stereocenters. The summed E-state index contributed by atoms with van der Waals surface area (Å²) in [6.07, 6.45) is 10.7. The summed E-state index contributed by atoms with van der Waals surface area (Å²) in [6.45, 7) is 4.34. The molecule has 0 nitrogen and oxygen atoms in total. The quantitative estimate of drug-likeness (QED) is 0.511. The summed E-state index contributed by atoms with van der Waals surface area (Å²) in [7, 11) is 0. The van der Waals surface area contributed by atoms with E-state index in [1.54, 1.807) is 5.57 Å². The van der Waals surface area contributed by atoms with E-state index in [0.29, 0.717) is 0 Å². The minimum Gasteiger partial charge on any atom is -0.0914 e. The standard InChI is InChI=1S/C10H16/c1-3-5-10-7-6-9(4-2)8-10/h3,5-6,10H,4,7-8H2,1-2H3/b5-3-. The zero-order valence-electron chi connectivity index (χ0n) is 6.93. The third-order valence-corrected chi connectivity index (χ3v) is 2.15. The molecule has 0 aliphatic heterocycles. The van der Waals surface area contributed by atoms with Crippen LogP contribution in [-0.4, -0.2) is 0 Å². The van der Waals surface area contributed by atoms with Gasteiger partial charge < -0.3 is 0 Å². The maximum atomic E-state index is 2.39. The van der Waals surface area contributed by atoms with Gasteiger partial charge in [-0.1, -0.05) is 30.7 Å². The molecule has 10 heavy (non-hydrogen) atoms. The first-order valence-electron chi connectivity index (χ1n) is 4.17. The van der Waals surface area contributed by atoms with Gasteiger partial charge in [0, 0.05) is 0 Å². The molecular formula is C10H16. The number of hydrogen-bond donors (Lipinski definition) is 0. The van der Waals surface area contributed by atoms with Crippen molar-refractivity contribution < 1.29 is 0 Å². The summed E-state index contributed by atoms with van der Waals surface area (Å²) in [5, 5.41) is 0. The van der Waals surface area contributed by atoms with Gasteiger partial charge in [0.25, 0.3) is 0 Å². The number of hydrogen-bond acceptors (Lipinski definition) is 0. The largest absolute Gasteiger partial charge is 0.0914 e. The Morgan fingerprint density at radius 1 is 1.70 bits per heavy atom. The Labute approximate surface area is 63.6 Å². The van der Waals surface area contributed by atoms with Crippen molar-refractivity contribution in [3.63, 3.8) is 0 Å². The fourth-order valence-electron chi connectivity index (χ4n) is 1.53. The van der Waals surface area contributed by atoms with Crippen molar-refractivity contribution in [2.45, 2.75) is 33.1 Å². The molecule has 1 rings (SSSR count). The van der Waals surface area contributed by atoms with E-state index in [1.165, 1.54) is 19.3 Å². The van der Waals surface area contributed by atoms with Crippen LogP contribution in [0.3, 0.4) is 0 Å². The summed E-state index contributed by atoms with van der Waals surface area (Å²) < 4.78 is 0. The second kappa shape index (κ2) is 3.60. The van der Waals surface area contributed by atoms with Gasteiger partial charge in [-0.3, -0.25) is 0 Å². The number of rotatable bonds is 2. The molecule has 0 saturated carbocycles. The van der Waals surface area contributed by atoms with Gasteiger partial charge in [-0.2, -0.15) is 0 Å². The molecule has 0 radical (unpaired) electrons. The van der Waals surface area contributed by atoms with E-state index in [9.17, 15) is 0 Å².